The first-order chi connectivity index (χ1) is 13.9. The zero-order valence-corrected chi connectivity index (χ0v) is 17.4. The van der Waals surface area contributed by atoms with Gasteiger partial charge in [0.15, 0.2) is 0 Å². The molecule has 0 radical (unpaired) electrons. The van der Waals surface area contributed by atoms with Crippen LogP contribution in [0.3, 0.4) is 0 Å². The molecule has 1 aromatic rings. The molecule has 4 aliphatic carbocycles. The van der Waals surface area contributed by atoms with E-state index in [0.29, 0.717) is 43.7 Å². The highest BCUT2D eigenvalue weighted by Crippen LogP contribution is 2.66. The van der Waals surface area contributed by atoms with Crippen LogP contribution in [0, 0.1) is 23.2 Å². The van der Waals surface area contributed by atoms with Gasteiger partial charge in [-0.25, -0.2) is 0 Å². The number of carbonyl (C=O) groups excluding carboxylic acids is 2. The molecule has 6 rings (SSSR count). The summed E-state index contributed by atoms with van der Waals surface area (Å²) in [4.78, 5) is 27.3. The van der Waals surface area contributed by atoms with E-state index >= 15 is 0 Å². The quantitative estimate of drug-likeness (QED) is 0.849. The van der Waals surface area contributed by atoms with Gasteiger partial charge in [-0.3, -0.25) is 9.59 Å². The van der Waals surface area contributed by atoms with Gasteiger partial charge in [-0.15, -0.1) is 0 Å². The number of rotatable bonds is 4. The number of methoxy groups -OCH3 is 1. The summed E-state index contributed by atoms with van der Waals surface area (Å²) in [6.45, 7) is 1.36. The Morgan fingerprint density at radius 3 is 2.21 bits per heavy atom. The minimum atomic E-state index is -0.217. The number of primary amides is 1. The van der Waals surface area contributed by atoms with E-state index in [2.05, 4.69) is 24.3 Å². The molecule has 4 bridgehead atoms. The standard InChI is InChI=1S/C24H32N2O3/c1-29-20-4-2-19(3-5-20)23-11-16-10-17(12-23)14-24(13-16,15-23)22(28)26-8-6-18(7-9-26)21(25)27/h2-5,16-18H,6-15H2,1H3,(H2,25,27). The molecular formula is C24H32N2O3. The SMILES string of the molecule is COc1ccc(C23CC4CC(CC(C(=O)N5CCC(C(N)=O)CC5)(C4)C2)C3)cc1. The number of piperidine rings is 1. The van der Waals surface area contributed by atoms with Crippen molar-refractivity contribution < 1.29 is 14.3 Å². The van der Waals surface area contributed by atoms with E-state index in [9.17, 15) is 9.59 Å². The lowest BCUT2D eigenvalue weighted by atomic mass is 9.42. The lowest BCUT2D eigenvalue weighted by Crippen LogP contribution is -2.60. The van der Waals surface area contributed by atoms with E-state index in [-0.39, 0.29) is 22.7 Å². The summed E-state index contributed by atoms with van der Waals surface area (Å²) < 4.78 is 5.36. The van der Waals surface area contributed by atoms with Gasteiger partial charge < -0.3 is 15.4 Å². The third kappa shape index (κ3) is 3.04. The number of hydrogen-bond donors (Lipinski definition) is 1. The fraction of sp³-hybridized carbons (Fsp3) is 0.667. The number of carbonyl (C=O) groups is 2. The monoisotopic (exact) mass is 396 g/mol. The van der Waals surface area contributed by atoms with Gasteiger partial charge in [0.1, 0.15) is 5.75 Å². The number of nitrogens with two attached hydrogens (primary N) is 1. The maximum atomic E-state index is 13.8. The summed E-state index contributed by atoms with van der Waals surface area (Å²) in [5.74, 6) is 2.27. The van der Waals surface area contributed by atoms with Gasteiger partial charge in [0.05, 0.1) is 12.5 Å². The smallest absolute Gasteiger partial charge is 0.228 e. The van der Waals surface area contributed by atoms with Crippen LogP contribution < -0.4 is 10.5 Å². The summed E-state index contributed by atoms with van der Waals surface area (Å²) in [6.07, 6.45) is 8.24. The van der Waals surface area contributed by atoms with Crippen LogP contribution in [0.15, 0.2) is 24.3 Å². The number of hydrogen-bond acceptors (Lipinski definition) is 3. The predicted molar refractivity (Wildman–Crippen MR) is 110 cm³/mol. The number of benzene rings is 1. The summed E-state index contributed by atoms with van der Waals surface area (Å²) in [5, 5.41) is 0. The summed E-state index contributed by atoms with van der Waals surface area (Å²) in [7, 11) is 1.70. The number of likely N-dealkylation sites (tertiary alicyclic amines) is 1. The van der Waals surface area contributed by atoms with Crippen molar-refractivity contribution in [1.29, 1.82) is 0 Å². The van der Waals surface area contributed by atoms with Crippen LogP contribution in [0.25, 0.3) is 0 Å². The van der Waals surface area contributed by atoms with Crippen molar-refractivity contribution in [3.63, 3.8) is 0 Å². The first-order valence-electron chi connectivity index (χ1n) is 11.2. The molecule has 5 heteroatoms. The van der Waals surface area contributed by atoms with Gasteiger partial charge in [0.2, 0.25) is 11.8 Å². The van der Waals surface area contributed by atoms with E-state index in [1.807, 2.05) is 4.90 Å². The second-order valence-electron chi connectivity index (χ2n) is 10.2. The zero-order valence-electron chi connectivity index (χ0n) is 17.4. The predicted octanol–water partition coefficient (Wildman–Crippen LogP) is 3.26. The average molecular weight is 397 g/mol. The van der Waals surface area contributed by atoms with Crippen molar-refractivity contribution in [2.75, 3.05) is 20.2 Å². The first kappa shape index (κ1) is 19.0. The largest absolute Gasteiger partial charge is 0.497 e. The maximum absolute atomic E-state index is 13.8. The first-order valence-corrected chi connectivity index (χ1v) is 11.2. The number of ether oxygens (including phenoxy) is 1. The molecule has 2 atom stereocenters. The van der Waals surface area contributed by atoms with Gasteiger partial charge >= 0.3 is 0 Å². The molecule has 5 fully saturated rings. The van der Waals surface area contributed by atoms with Crippen LogP contribution >= 0.6 is 0 Å². The second-order valence-corrected chi connectivity index (χ2v) is 10.2. The average Bonchev–Trinajstić information content (AvgIpc) is 2.72. The highest BCUT2D eigenvalue weighted by molar-refractivity contribution is 5.84. The molecule has 0 aromatic heterocycles. The molecule has 4 saturated carbocycles. The number of amides is 2. The molecule has 1 heterocycles. The molecule has 2 N–H and O–H groups in total. The van der Waals surface area contributed by atoms with Crippen LogP contribution in [0.2, 0.25) is 0 Å². The number of nitrogens with zero attached hydrogens (tertiary/aromatic N) is 1. The Morgan fingerprint density at radius 2 is 1.66 bits per heavy atom. The molecule has 156 valence electrons. The molecule has 5 nitrogen and oxygen atoms in total. The topological polar surface area (TPSA) is 72.6 Å². The summed E-state index contributed by atoms with van der Waals surface area (Å²) in [6, 6.07) is 8.58. The lowest BCUT2D eigenvalue weighted by molar-refractivity contribution is -0.162. The van der Waals surface area contributed by atoms with Crippen molar-refractivity contribution in [2.24, 2.45) is 28.9 Å². The molecule has 1 aromatic carbocycles. The van der Waals surface area contributed by atoms with Gasteiger partial charge in [0.25, 0.3) is 0 Å². The Labute approximate surface area is 173 Å². The molecule has 0 spiro atoms. The van der Waals surface area contributed by atoms with Crippen LogP contribution in [0.4, 0.5) is 0 Å². The van der Waals surface area contributed by atoms with Crippen LogP contribution in [0.5, 0.6) is 5.75 Å². The van der Waals surface area contributed by atoms with Crippen molar-refractivity contribution in [2.45, 2.75) is 56.8 Å². The van der Waals surface area contributed by atoms with E-state index in [1.54, 1.807) is 7.11 Å². The van der Waals surface area contributed by atoms with Gasteiger partial charge in [-0.2, -0.15) is 0 Å². The fourth-order valence-electron chi connectivity index (χ4n) is 7.50. The summed E-state index contributed by atoms with van der Waals surface area (Å²) >= 11 is 0. The van der Waals surface area contributed by atoms with Crippen molar-refractivity contribution in [1.82, 2.24) is 4.90 Å². The third-order valence-corrected chi connectivity index (χ3v) is 8.40. The Bertz CT molecular complexity index is 796. The highest BCUT2D eigenvalue weighted by atomic mass is 16.5. The minimum Gasteiger partial charge on any atom is -0.497 e. The van der Waals surface area contributed by atoms with Crippen molar-refractivity contribution in [3.8, 4) is 5.75 Å². The second kappa shape index (κ2) is 6.75. The molecule has 5 aliphatic rings. The molecule has 1 aliphatic heterocycles. The van der Waals surface area contributed by atoms with Crippen molar-refractivity contribution in [3.05, 3.63) is 29.8 Å². The maximum Gasteiger partial charge on any atom is 0.228 e. The van der Waals surface area contributed by atoms with Crippen LogP contribution in [-0.2, 0) is 15.0 Å². The summed E-state index contributed by atoms with van der Waals surface area (Å²) in [5.41, 5.74) is 6.80. The lowest BCUT2D eigenvalue weighted by Gasteiger charge is -2.62. The Hall–Kier alpha value is -2.04. The molecule has 1 saturated heterocycles. The van der Waals surface area contributed by atoms with E-state index < -0.39 is 0 Å². The zero-order chi connectivity index (χ0) is 20.2. The Balaban J connectivity index is 1.40. The normalized spacial score (nSPS) is 36.2. The Kier molecular flexibility index (Phi) is 4.41. The van der Waals surface area contributed by atoms with Gasteiger partial charge in [0, 0.05) is 19.0 Å². The molecule has 2 unspecified atom stereocenters. The molecular weight excluding hydrogens is 364 g/mol. The third-order valence-electron chi connectivity index (χ3n) is 8.40. The highest BCUT2D eigenvalue weighted by Gasteiger charge is 2.61. The van der Waals surface area contributed by atoms with Crippen LogP contribution in [0.1, 0.15) is 56.9 Å². The van der Waals surface area contributed by atoms with Crippen LogP contribution in [-0.4, -0.2) is 36.9 Å². The minimum absolute atomic E-state index is 0.0685. The van der Waals surface area contributed by atoms with Gasteiger partial charge in [-0.1, -0.05) is 12.1 Å². The van der Waals surface area contributed by atoms with E-state index in [1.165, 1.54) is 24.8 Å². The molecule has 29 heavy (non-hydrogen) atoms. The van der Waals surface area contributed by atoms with E-state index in [4.69, 9.17) is 10.5 Å². The van der Waals surface area contributed by atoms with Crippen molar-refractivity contribution >= 4 is 11.8 Å². The van der Waals surface area contributed by atoms with Gasteiger partial charge in [-0.05, 0) is 86.3 Å². The Morgan fingerprint density at radius 1 is 1.03 bits per heavy atom. The van der Waals surface area contributed by atoms with E-state index in [0.717, 1.165) is 25.0 Å². The fourth-order valence-corrected chi connectivity index (χ4v) is 7.50. The molecule has 2 amide bonds.